The lowest BCUT2D eigenvalue weighted by atomic mass is 9.90. The van der Waals surface area contributed by atoms with Crippen molar-refractivity contribution in [3.8, 4) is 5.75 Å². The molecule has 7 rings (SSSR count). The number of hydrogen-bond donors (Lipinski definition) is 0. The summed E-state index contributed by atoms with van der Waals surface area (Å²) in [7, 11) is 0. The first-order valence-electron chi connectivity index (χ1n) is 20.3. The van der Waals surface area contributed by atoms with E-state index in [1.54, 1.807) is 23.2 Å². The highest BCUT2D eigenvalue weighted by Gasteiger charge is 2.51. The van der Waals surface area contributed by atoms with Crippen LogP contribution in [0.5, 0.6) is 5.75 Å². The molecule has 0 bridgehead atoms. The lowest BCUT2D eigenvalue weighted by Crippen LogP contribution is -2.58. The Bertz CT molecular complexity index is 2330. The smallest absolute Gasteiger partial charge is 0.345 e. The molecule has 8 nitrogen and oxygen atoms in total. The van der Waals surface area contributed by atoms with Crippen molar-refractivity contribution in [2.24, 2.45) is 0 Å². The molecule has 0 amide bonds. The standard InChI is InChI=1S/C52H49BrO8/c53-31-19-2-1-18-30-44-32-45(56-34-40-22-10-4-11-23-40)47(52(54)60-44)49-51(59-37-43-28-16-7-17-29-43)50(58-36-42-26-14-6-15-27-42)48(57-35-41-24-12-5-13-25-41)46(61-49)38-55-33-39-20-8-3-9-21-39/h1-32,46,48-51H,33-38H2/b2-1+,30-18+,31-19+/t46-,48+,49+,50+,51+/m1/s1. The zero-order valence-corrected chi connectivity index (χ0v) is 35.3. The highest BCUT2D eigenvalue weighted by molar-refractivity contribution is 9.11. The zero-order valence-electron chi connectivity index (χ0n) is 33.7. The fraction of sp³-hybridized carbons (Fsp3) is 0.212. The first-order chi connectivity index (χ1) is 30.1. The van der Waals surface area contributed by atoms with Gasteiger partial charge >= 0.3 is 5.63 Å². The molecule has 0 aliphatic carbocycles. The quantitative estimate of drug-likeness (QED) is 0.0701. The predicted octanol–water partition coefficient (Wildman–Crippen LogP) is 11.1. The molecule has 5 atom stereocenters. The van der Waals surface area contributed by atoms with Crippen molar-refractivity contribution < 1.29 is 32.8 Å². The molecule has 2 heterocycles. The molecule has 9 heteroatoms. The van der Waals surface area contributed by atoms with Crippen LogP contribution in [-0.4, -0.2) is 31.0 Å². The summed E-state index contributed by atoms with van der Waals surface area (Å²) in [5, 5.41) is 0. The Balaban J connectivity index is 1.32. The summed E-state index contributed by atoms with van der Waals surface area (Å²) in [5.41, 5.74) is 4.38. The van der Waals surface area contributed by atoms with Crippen molar-refractivity contribution in [3.63, 3.8) is 0 Å². The van der Waals surface area contributed by atoms with Gasteiger partial charge in [-0.2, -0.15) is 0 Å². The molecule has 0 saturated carbocycles. The van der Waals surface area contributed by atoms with Crippen LogP contribution in [0.1, 0.15) is 45.2 Å². The maximum Gasteiger partial charge on any atom is 0.345 e. The summed E-state index contributed by atoms with van der Waals surface area (Å²) >= 11 is 3.28. The molecule has 1 saturated heterocycles. The summed E-state index contributed by atoms with van der Waals surface area (Å²) in [5.74, 6) is 0.613. The minimum Gasteiger partial charge on any atom is -0.488 e. The van der Waals surface area contributed by atoms with Crippen molar-refractivity contribution in [2.45, 2.75) is 63.6 Å². The minimum atomic E-state index is -1.03. The largest absolute Gasteiger partial charge is 0.488 e. The van der Waals surface area contributed by atoms with Crippen LogP contribution in [0.25, 0.3) is 6.08 Å². The second-order valence-corrected chi connectivity index (χ2v) is 15.0. The SMILES string of the molecule is O=c1oc(/C=C/C=C/C=C/Br)cc(OCc2ccccc2)c1[C@@H]1O[C@H](COCc2ccccc2)[C@H](OCc2ccccc2)[C@H](OCc2ccccc2)[C@H]1OCc1ccccc1. The van der Waals surface area contributed by atoms with Gasteiger partial charge in [0.2, 0.25) is 0 Å². The van der Waals surface area contributed by atoms with Gasteiger partial charge in [0.15, 0.2) is 0 Å². The third-order valence-corrected chi connectivity index (χ3v) is 10.3. The molecule has 0 spiro atoms. The zero-order chi connectivity index (χ0) is 41.9. The Kier molecular flexibility index (Phi) is 16.6. The van der Waals surface area contributed by atoms with Crippen molar-refractivity contribution in [3.05, 3.63) is 237 Å². The van der Waals surface area contributed by atoms with E-state index in [2.05, 4.69) is 15.9 Å². The molecule has 1 fully saturated rings. The van der Waals surface area contributed by atoms with E-state index >= 15 is 0 Å². The van der Waals surface area contributed by atoms with E-state index in [1.165, 1.54) is 0 Å². The average Bonchev–Trinajstić information content (AvgIpc) is 3.30. The minimum absolute atomic E-state index is 0.128. The third-order valence-electron chi connectivity index (χ3n) is 10.0. The molecular weight excluding hydrogens is 832 g/mol. The molecule has 0 N–H and O–H groups in total. The van der Waals surface area contributed by atoms with Gasteiger partial charge in [0, 0.05) is 6.07 Å². The van der Waals surface area contributed by atoms with Crippen molar-refractivity contribution in [1.29, 1.82) is 0 Å². The van der Waals surface area contributed by atoms with E-state index in [4.69, 9.17) is 32.8 Å². The molecule has 6 aromatic rings. The van der Waals surface area contributed by atoms with Gasteiger partial charge in [-0.25, -0.2) is 4.79 Å². The van der Waals surface area contributed by atoms with Crippen LogP contribution in [-0.2, 0) is 56.7 Å². The third kappa shape index (κ3) is 12.9. The number of hydrogen-bond acceptors (Lipinski definition) is 8. The molecule has 5 aromatic carbocycles. The first kappa shape index (κ1) is 43.4. The Morgan fingerprint density at radius 2 is 0.984 bits per heavy atom. The number of allylic oxidation sites excluding steroid dienone is 4. The van der Waals surface area contributed by atoms with Crippen LogP contribution in [0.2, 0.25) is 0 Å². The van der Waals surface area contributed by atoms with Gasteiger partial charge in [-0.15, -0.1) is 0 Å². The summed E-state index contributed by atoms with van der Waals surface area (Å²) in [6.07, 6.45) is 4.93. The van der Waals surface area contributed by atoms with Gasteiger partial charge in [0.1, 0.15) is 54.2 Å². The van der Waals surface area contributed by atoms with Crippen molar-refractivity contribution >= 4 is 22.0 Å². The van der Waals surface area contributed by atoms with Crippen LogP contribution < -0.4 is 10.4 Å². The van der Waals surface area contributed by atoms with E-state index in [0.717, 1.165) is 27.8 Å². The van der Waals surface area contributed by atoms with E-state index in [1.807, 2.05) is 170 Å². The number of ether oxygens (including phenoxy) is 6. The number of benzene rings is 5. The molecule has 0 unspecified atom stereocenters. The fourth-order valence-electron chi connectivity index (χ4n) is 7.03. The molecule has 1 aliphatic rings. The monoisotopic (exact) mass is 880 g/mol. The van der Waals surface area contributed by atoms with Crippen LogP contribution in [0.4, 0.5) is 0 Å². The molecule has 1 aliphatic heterocycles. The van der Waals surface area contributed by atoms with Crippen LogP contribution in [0, 0.1) is 0 Å². The Hall–Kier alpha value is -5.65. The predicted molar refractivity (Wildman–Crippen MR) is 241 cm³/mol. The fourth-order valence-corrected chi connectivity index (χ4v) is 7.21. The lowest BCUT2D eigenvalue weighted by Gasteiger charge is -2.46. The molecule has 1 aromatic heterocycles. The highest BCUT2D eigenvalue weighted by Crippen LogP contribution is 2.41. The maximum absolute atomic E-state index is 14.6. The van der Waals surface area contributed by atoms with Crippen LogP contribution >= 0.6 is 15.9 Å². The summed E-state index contributed by atoms with van der Waals surface area (Å²) < 4.78 is 46.8. The number of halogens is 1. The van der Waals surface area contributed by atoms with Crippen molar-refractivity contribution in [2.75, 3.05) is 6.61 Å². The van der Waals surface area contributed by atoms with Gasteiger partial charge < -0.3 is 32.8 Å². The summed E-state index contributed by atoms with van der Waals surface area (Å²) in [6.45, 7) is 1.40. The van der Waals surface area contributed by atoms with E-state index in [0.29, 0.717) is 18.1 Å². The van der Waals surface area contributed by atoms with Gasteiger partial charge in [0.25, 0.3) is 0 Å². The second kappa shape index (κ2) is 23.4. The summed E-state index contributed by atoms with van der Waals surface area (Å²) in [4.78, 5) is 16.3. The second-order valence-electron chi connectivity index (χ2n) is 14.4. The number of rotatable bonds is 20. The first-order valence-corrected chi connectivity index (χ1v) is 21.2. The van der Waals surface area contributed by atoms with Gasteiger partial charge in [0.05, 0.1) is 33.0 Å². The molecule has 0 radical (unpaired) electrons. The molecule has 61 heavy (non-hydrogen) atoms. The van der Waals surface area contributed by atoms with Gasteiger partial charge in [-0.1, -0.05) is 192 Å². The van der Waals surface area contributed by atoms with Gasteiger partial charge in [-0.05, 0) is 38.9 Å². The normalized spacial score (nSPS) is 19.2. The average molecular weight is 882 g/mol. The Morgan fingerprint density at radius 1 is 0.525 bits per heavy atom. The lowest BCUT2D eigenvalue weighted by molar-refractivity contribution is -0.275. The van der Waals surface area contributed by atoms with E-state index in [-0.39, 0.29) is 38.6 Å². The summed E-state index contributed by atoms with van der Waals surface area (Å²) in [6, 6.07) is 51.2. The highest BCUT2D eigenvalue weighted by atomic mass is 79.9. The molecular formula is C52H49BrO8. The van der Waals surface area contributed by atoms with E-state index in [9.17, 15) is 4.79 Å². The van der Waals surface area contributed by atoms with Gasteiger partial charge in [-0.3, -0.25) is 0 Å². The van der Waals surface area contributed by atoms with Crippen LogP contribution in [0.3, 0.4) is 0 Å². The van der Waals surface area contributed by atoms with Crippen molar-refractivity contribution in [1.82, 2.24) is 0 Å². The Labute approximate surface area is 365 Å². The maximum atomic E-state index is 14.6. The van der Waals surface area contributed by atoms with E-state index < -0.39 is 36.1 Å². The Morgan fingerprint density at radius 3 is 1.51 bits per heavy atom. The topological polar surface area (TPSA) is 85.6 Å². The van der Waals surface area contributed by atoms with Crippen LogP contribution in [0.15, 0.2) is 196 Å². The molecule has 312 valence electrons.